The van der Waals surface area contributed by atoms with E-state index < -0.39 is 28.0 Å². The van der Waals surface area contributed by atoms with E-state index in [0.717, 1.165) is 5.56 Å². The molecule has 2 rings (SSSR count). The van der Waals surface area contributed by atoms with Crippen LogP contribution in [0.25, 0.3) is 0 Å². The first-order valence-corrected chi connectivity index (χ1v) is 9.88. The molecule has 27 heavy (non-hydrogen) atoms. The van der Waals surface area contributed by atoms with Gasteiger partial charge >= 0.3 is 5.97 Å². The molecule has 0 spiro atoms. The van der Waals surface area contributed by atoms with Crippen LogP contribution in [0.15, 0.2) is 59.5 Å². The Morgan fingerprint density at radius 3 is 2.30 bits per heavy atom. The predicted octanol–water partition coefficient (Wildman–Crippen LogP) is 2.23. The van der Waals surface area contributed by atoms with E-state index in [1.807, 2.05) is 13.0 Å². The van der Waals surface area contributed by atoms with Crippen molar-refractivity contribution in [3.8, 4) is 0 Å². The Morgan fingerprint density at radius 2 is 1.67 bits per heavy atom. The van der Waals surface area contributed by atoms with Crippen molar-refractivity contribution in [1.29, 1.82) is 0 Å². The molecule has 7 nitrogen and oxygen atoms in total. The fourth-order valence-electron chi connectivity index (χ4n) is 2.16. The number of sulfonamides is 1. The topological polar surface area (TPSA) is 102 Å². The van der Waals surface area contributed by atoms with Crippen LogP contribution in [0.1, 0.15) is 18.9 Å². The number of anilines is 1. The monoisotopic (exact) mass is 390 g/mol. The lowest BCUT2D eigenvalue weighted by Crippen LogP contribution is -2.32. The Bertz CT molecular complexity index is 880. The molecule has 0 aliphatic rings. The standard InChI is InChI=1S/C19H22N2O5S/c1-14-8-10-17(11-9-14)27(24,25)20-13-12-18(22)26-15(2)19(23)21-16-6-4-3-5-7-16/h3-11,15,20H,12-13H2,1-2H3,(H,21,23)/t15-/m0/s1. The molecule has 0 radical (unpaired) electrons. The van der Waals surface area contributed by atoms with E-state index in [9.17, 15) is 18.0 Å². The van der Waals surface area contributed by atoms with Crippen LogP contribution >= 0.6 is 0 Å². The second kappa shape index (κ2) is 9.29. The molecule has 0 aliphatic carbocycles. The predicted molar refractivity (Wildman–Crippen MR) is 102 cm³/mol. The summed E-state index contributed by atoms with van der Waals surface area (Å²) in [6.45, 7) is 3.18. The quantitative estimate of drug-likeness (QED) is 0.673. The van der Waals surface area contributed by atoms with Crippen molar-refractivity contribution in [3.05, 3.63) is 60.2 Å². The summed E-state index contributed by atoms with van der Waals surface area (Å²) in [5, 5.41) is 2.63. The number of esters is 1. The van der Waals surface area contributed by atoms with E-state index in [1.165, 1.54) is 19.1 Å². The molecule has 8 heteroatoms. The van der Waals surface area contributed by atoms with Crippen LogP contribution in [-0.4, -0.2) is 32.9 Å². The molecule has 0 unspecified atom stereocenters. The van der Waals surface area contributed by atoms with Crippen molar-refractivity contribution >= 4 is 27.6 Å². The fourth-order valence-corrected chi connectivity index (χ4v) is 3.20. The molecule has 0 aromatic heterocycles. The first-order chi connectivity index (χ1) is 12.8. The van der Waals surface area contributed by atoms with Gasteiger partial charge in [0, 0.05) is 12.2 Å². The van der Waals surface area contributed by atoms with Crippen LogP contribution in [0.3, 0.4) is 0 Å². The number of aryl methyl sites for hydroxylation is 1. The van der Waals surface area contributed by atoms with Gasteiger partial charge < -0.3 is 10.1 Å². The summed E-state index contributed by atoms with van der Waals surface area (Å²) >= 11 is 0. The summed E-state index contributed by atoms with van der Waals surface area (Å²) in [5.74, 6) is -1.13. The van der Waals surface area contributed by atoms with E-state index in [0.29, 0.717) is 5.69 Å². The first kappa shape index (κ1) is 20.6. The number of hydrogen-bond donors (Lipinski definition) is 2. The Balaban J connectivity index is 1.78. The summed E-state index contributed by atoms with van der Waals surface area (Å²) in [5.41, 5.74) is 1.54. The molecule has 0 aliphatic heterocycles. The zero-order valence-corrected chi connectivity index (χ0v) is 16.0. The highest BCUT2D eigenvalue weighted by atomic mass is 32.2. The van der Waals surface area contributed by atoms with Gasteiger partial charge in [-0.1, -0.05) is 35.9 Å². The van der Waals surface area contributed by atoms with Gasteiger partial charge in [-0.15, -0.1) is 0 Å². The van der Waals surface area contributed by atoms with Gasteiger partial charge in [-0.25, -0.2) is 13.1 Å². The zero-order chi connectivity index (χ0) is 19.9. The first-order valence-electron chi connectivity index (χ1n) is 8.39. The Morgan fingerprint density at radius 1 is 1.04 bits per heavy atom. The largest absolute Gasteiger partial charge is 0.452 e. The van der Waals surface area contributed by atoms with E-state index >= 15 is 0 Å². The average molecular weight is 390 g/mol. The van der Waals surface area contributed by atoms with Crippen LogP contribution in [0, 0.1) is 6.92 Å². The van der Waals surface area contributed by atoms with Crippen LogP contribution in [0.5, 0.6) is 0 Å². The number of para-hydroxylation sites is 1. The van der Waals surface area contributed by atoms with Gasteiger partial charge in [0.05, 0.1) is 11.3 Å². The van der Waals surface area contributed by atoms with Crippen LogP contribution < -0.4 is 10.0 Å². The van der Waals surface area contributed by atoms with Crippen molar-refractivity contribution in [2.24, 2.45) is 0 Å². The Labute approximate surface area is 158 Å². The minimum absolute atomic E-state index is 0.122. The average Bonchev–Trinajstić information content (AvgIpc) is 2.62. The highest BCUT2D eigenvalue weighted by molar-refractivity contribution is 7.89. The lowest BCUT2D eigenvalue weighted by Gasteiger charge is -2.13. The molecule has 1 amide bonds. The summed E-state index contributed by atoms with van der Waals surface area (Å²) in [7, 11) is -3.70. The molecular weight excluding hydrogens is 368 g/mol. The number of nitrogens with one attached hydrogen (secondary N) is 2. The highest BCUT2D eigenvalue weighted by Crippen LogP contribution is 2.10. The summed E-state index contributed by atoms with van der Waals surface area (Å²) in [6.07, 6.45) is -1.18. The third kappa shape index (κ3) is 6.50. The van der Waals surface area contributed by atoms with Gasteiger partial charge in [0.25, 0.3) is 5.91 Å². The minimum atomic E-state index is -3.70. The van der Waals surface area contributed by atoms with Crippen molar-refractivity contribution in [2.75, 3.05) is 11.9 Å². The molecule has 1 atom stereocenters. The van der Waals surface area contributed by atoms with Crippen molar-refractivity contribution < 1.29 is 22.7 Å². The lowest BCUT2D eigenvalue weighted by atomic mass is 10.2. The summed E-state index contributed by atoms with van der Waals surface area (Å²) in [4.78, 5) is 24.0. The highest BCUT2D eigenvalue weighted by Gasteiger charge is 2.19. The van der Waals surface area contributed by atoms with Gasteiger partial charge in [0.1, 0.15) is 0 Å². The van der Waals surface area contributed by atoms with E-state index in [2.05, 4.69) is 10.0 Å². The van der Waals surface area contributed by atoms with Crippen LogP contribution in [-0.2, 0) is 24.3 Å². The van der Waals surface area contributed by atoms with E-state index in [1.54, 1.807) is 36.4 Å². The zero-order valence-electron chi connectivity index (χ0n) is 15.1. The second-order valence-electron chi connectivity index (χ2n) is 5.95. The minimum Gasteiger partial charge on any atom is -0.452 e. The number of hydrogen-bond acceptors (Lipinski definition) is 5. The molecule has 2 N–H and O–H groups in total. The van der Waals surface area contributed by atoms with Gasteiger partial charge in [-0.05, 0) is 38.1 Å². The molecule has 2 aromatic rings. The second-order valence-corrected chi connectivity index (χ2v) is 7.72. The van der Waals surface area contributed by atoms with Crippen molar-refractivity contribution in [2.45, 2.75) is 31.3 Å². The Hall–Kier alpha value is -2.71. The molecule has 2 aromatic carbocycles. The summed E-state index contributed by atoms with van der Waals surface area (Å²) < 4.78 is 31.6. The SMILES string of the molecule is Cc1ccc(S(=O)(=O)NCCC(=O)O[C@@H](C)C(=O)Nc2ccccc2)cc1. The van der Waals surface area contributed by atoms with Gasteiger partial charge in [0.15, 0.2) is 6.10 Å². The molecule has 0 bridgehead atoms. The van der Waals surface area contributed by atoms with Gasteiger partial charge in [-0.2, -0.15) is 0 Å². The van der Waals surface area contributed by atoms with Gasteiger partial charge in [-0.3, -0.25) is 9.59 Å². The van der Waals surface area contributed by atoms with Crippen molar-refractivity contribution in [3.63, 3.8) is 0 Å². The fraction of sp³-hybridized carbons (Fsp3) is 0.263. The smallest absolute Gasteiger partial charge is 0.307 e. The molecule has 0 saturated carbocycles. The molecular formula is C19H22N2O5S. The molecule has 144 valence electrons. The maximum Gasteiger partial charge on any atom is 0.307 e. The number of benzene rings is 2. The van der Waals surface area contributed by atoms with Gasteiger partial charge in [0.2, 0.25) is 10.0 Å². The van der Waals surface area contributed by atoms with Crippen LogP contribution in [0.4, 0.5) is 5.69 Å². The number of carbonyl (C=O) groups excluding carboxylic acids is 2. The molecule has 0 heterocycles. The Kier molecular flexibility index (Phi) is 7.09. The number of amides is 1. The normalized spacial score (nSPS) is 12.2. The number of ether oxygens (including phenoxy) is 1. The maximum absolute atomic E-state index is 12.1. The number of carbonyl (C=O) groups is 2. The maximum atomic E-state index is 12.1. The number of rotatable bonds is 8. The van der Waals surface area contributed by atoms with Crippen molar-refractivity contribution in [1.82, 2.24) is 4.72 Å². The van der Waals surface area contributed by atoms with E-state index in [-0.39, 0.29) is 17.9 Å². The third-order valence-corrected chi connectivity index (χ3v) is 5.15. The third-order valence-electron chi connectivity index (χ3n) is 3.67. The molecule has 0 fully saturated rings. The lowest BCUT2D eigenvalue weighted by molar-refractivity contribution is -0.152. The summed E-state index contributed by atoms with van der Waals surface area (Å²) in [6, 6.07) is 15.2. The van der Waals surface area contributed by atoms with Crippen LogP contribution in [0.2, 0.25) is 0 Å². The molecule has 0 saturated heterocycles. The van der Waals surface area contributed by atoms with E-state index in [4.69, 9.17) is 4.74 Å².